The molecule has 1 aromatic carbocycles. The number of hydrogen-bond donors (Lipinski definition) is 1. The van der Waals surface area contributed by atoms with Crippen molar-refractivity contribution in [1.82, 2.24) is 14.5 Å². The number of fused-ring (bicyclic) bond motifs is 1. The molecule has 0 bridgehead atoms. The van der Waals surface area contributed by atoms with E-state index in [9.17, 15) is 4.79 Å². The number of nitrogens with zero attached hydrogens (tertiary/aromatic N) is 2. The van der Waals surface area contributed by atoms with E-state index in [1.54, 1.807) is 0 Å². The summed E-state index contributed by atoms with van der Waals surface area (Å²) >= 11 is 6.02. The standard InChI is InChI=1S/C23H34ClN3O2/c1-3-14-29-19-6-10-23(2,11-7-19)26-12-8-18(9-13-26)27-21-15-17(16-24)4-5-20(21)25-22(27)28/h4-5,15,18-19H,3,6-14,16H2,1-2H3,(H,25,28). The summed E-state index contributed by atoms with van der Waals surface area (Å²) in [7, 11) is 0. The number of alkyl halides is 1. The van der Waals surface area contributed by atoms with E-state index in [-0.39, 0.29) is 17.3 Å². The second kappa shape index (κ2) is 8.83. The Morgan fingerprint density at radius 1 is 1.21 bits per heavy atom. The van der Waals surface area contributed by atoms with Gasteiger partial charge in [-0.3, -0.25) is 9.47 Å². The van der Waals surface area contributed by atoms with Gasteiger partial charge in [-0.05, 0) is 69.6 Å². The molecule has 29 heavy (non-hydrogen) atoms. The molecule has 0 unspecified atom stereocenters. The highest BCUT2D eigenvalue weighted by Crippen LogP contribution is 2.38. The van der Waals surface area contributed by atoms with Crippen molar-refractivity contribution < 1.29 is 4.74 Å². The fraction of sp³-hybridized carbons (Fsp3) is 0.696. The van der Waals surface area contributed by atoms with Crippen LogP contribution in [-0.2, 0) is 10.6 Å². The third-order valence-electron chi connectivity index (χ3n) is 7.10. The van der Waals surface area contributed by atoms with Crippen LogP contribution in [-0.4, -0.2) is 45.8 Å². The van der Waals surface area contributed by atoms with Crippen molar-refractivity contribution in [3.8, 4) is 0 Å². The fourth-order valence-corrected chi connectivity index (χ4v) is 5.42. The first-order valence-electron chi connectivity index (χ1n) is 11.2. The van der Waals surface area contributed by atoms with E-state index in [1.165, 1.54) is 25.7 Å². The quantitative estimate of drug-likeness (QED) is 0.682. The molecule has 4 rings (SSSR count). The first-order valence-corrected chi connectivity index (χ1v) is 11.7. The van der Waals surface area contributed by atoms with E-state index in [4.69, 9.17) is 16.3 Å². The highest BCUT2D eigenvalue weighted by molar-refractivity contribution is 6.17. The van der Waals surface area contributed by atoms with Gasteiger partial charge in [-0.2, -0.15) is 0 Å². The lowest BCUT2D eigenvalue weighted by Crippen LogP contribution is -2.53. The van der Waals surface area contributed by atoms with Crippen molar-refractivity contribution in [2.24, 2.45) is 0 Å². The maximum atomic E-state index is 12.7. The van der Waals surface area contributed by atoms with Crippen LogP contribution in [0.3, 0.4) is 0 Å². The van der Waals surface area contributed by atoms with Gasteiger partial charge in [0.2, 0.25) is 0 Å². The molecule has 0 amide bonds. The fourth-order valence-electron chi connectivity index (χ4n) is 5.26. The van der Waals surface area contributed by atoms with Crippen LogP contribution in [0.4, 0.5) is 0 Å². The molecule has 5 nitrogen and oxygen atoms in total. The third-order valence-corrected chi connectivity index (χ3v) is 7.41. The van der Waals surface area contributed by atoms with E-state index in [0.717, 1.165) is 55.6 Å². The molecule has 1 aliphatic carbocycles. The molecule has 0 radical (unpaired) electrons. The van der Waals surface area contributed by atoms with Gasteiger partial charge in [0.05, 0.1) is 17.1 Å². The second-order valence-corrected chi connectivity index (χ2v) is 9.34. The summed E-state index contributed by atoms with van der Waals surface area (Å²) in [6.07, 6.45) is 8.32. The molecule has 6 heteroatoms. The van der Waals surface area contributed by atoms with Gasteiger partial charge >= 0.3 is 5.69 Å². The van der Waals surface area contributed by atoms with Crippen molar-refractivity contribution >= 4 is 22.6 Å². The van der Waals surface area contributed by atoms with Crippen molar-refractivity contribution in [3.63, 3.8) is 0 Å². The molecule has 1 aromatic heterocycles. The highest BCUT2D eigenvalue weighted by atomic mass is 35.5. The molecule has 1 saturated heterocycles. The number of likely N-dealkylation sites (tertiary alicyclic amines) is 1. The largest absolute Gasteiger partial charge is 0.378 e. The Labute approximate surface area is 178 Å². The lowest BCUT2D eigenvalue weighted by atomic mass is 9.79. The lowest BCUT2D eigenvalue weighted by Gasteiger charge is -2.48. The average molecular weight is 420 g/mol. The Morgan fingerprint density at radius 3 is 2.59 bits per heavy atom. The number of hydrogen-bond acceptors (Lipinski definition) is 3. The molecule has 1 saturated carbocycles. The van der Waals surface area contributed by atoms with Gasteiger partial charge in [0.15, 0.2) is 0 Å². The lowest BCUT2D eigenvalue weighted by molar-refractivity contribution is -0.0305. The zero-order valence-electron chi connectivity index (χ0n) is 17.8. The number of aromatic amines is 1. The van der Waals surface area contributed by atoms with E-state index in [0.29, 0.717) is 12.0 Å². The van der Waals surface area contributed by atoms with Crippen molar-refractivity contribution in [1.29, 1.82) is 0 Å². The number of benzene rings is 1. The van der Waals surface area contributed by atoms with Crippen molar-refractivity contribution in [3.05, 3.63) is 34.2 Å². The van der Waals surface area contributed by atoms with Gasteiger partial charge in [-0.25, -0.2) is 4.79 Å². The van der Waals surface area contributed by atoms with Crippen molar-refractivity contribution in [2.45, 2.75) is 82.4 Å². The summed E-state index contributed by atoms with van der Waals surface area (Å²) in [6, 6.07) is 6.27. The molecule has 1 N–H and O–H groups in total. The third kappa shape index (κ3) is 4.28. The van der Waals surface area contributed by atoms with E-state index >= 15 is 0 Å². The summed E-state index contributed by atoms with van der Waals surface area (Å²) in [6.45, 7) is 7.59. The topological polar surface area (TPSA) is 50.3 Å². The Kier molecular flexibility index (Phi) is 6.38. The zero-order chi connectivity index (χ0) is 20.4. The molecule has 0 atom stereocenters. The normalized spacial score (nSPS) is 26.9. The molecular formula is C23H34ClN3O2. The average Bonchev–Trinajstić information content (AvgIpc) is 3.08. The number of H-pyrrole nitrogens is 1. The molecule has 160 valence electrons. The van der Waals surface area contributed by atoms with Gasteiger partial charge in [-0.1, -0.05) is 13.0 Å². The van der Waals surface area contributed by atoms with Crippen LogP contribution < -0.4 is 5.69 Å². The monoisotopic (exact) mass is 419 g/mol. The van der Waals surface area contributed by atoms with Gasteiger partial charge in [0.25, 0.3) is 0 Å². The maximum absolute atomic E-state index is 12.7. The summed E-state index contributed by atoms with van der Waals surface area (Å²) in [4.78, 5) is 18.3. The number of rotatable bonds is 6. The number of nitrogens with one attached hydrogen (secondary N) is 1. The molecule has 0 spiro atoms. The van der Waals surface area contributed by atoms with Gasteiger partial charge in [-0.15, -0.1) is 11.6 Å². The van der Waals surface area contributed by atoms with Crippen molar-refractivity contribution in [2.75, 3.05) is 19.7 Å². The minimum Gasteiger partial charge on any atom is -0.378 e. The number of aromatic nitrogens is 2. The van der Waals surface area contributed by atoms with Gasteiger partial charge in [0, 0.05) is 37.2 Å². The minimum absolute atomic E-state index is 0.00460. The van der Waals surface area contributed by atoms with Crippen LogP contribution in [0.25, 0.3) is 11.0 Å². The zero-order valence-corrected chi connectivity index (χ0v) is 18.5. The van der Waals surface area contributed by atoms with Crippen LogP contribution in [0.5, 0.6) is 0 Å². The maximum Gasteiger partial charge on any atom is 0.326 e. The highest BCUT2D eigenvalue weighted by Gasteiger charge is 2.38. The van der Waals surface area contributed by atoms with Gasteiger partial charge in [0.1, 0.15) is 0 Å². The van der Waals surface area contributed by atoms with E-state index in [2.05, 4.69) is 29.8 Å². The molecular weight excluding hydrogens is 386 g/mol. The predicted octanol–water partition coefficient (Wildman–Crippen LogP) is 4.83. The van der Waals surface area contributed by atoms with Crippen LogP contribution in [0.1, 0.15) is 70.4 Å². The molecule has 2 aromatic rings. The molecule has 2 aliphatic rings. The van der Waals surface area contributed by atoms with Crippen LogP contribution in [0.15, 0.2) is 23.0 Å². The summed E-state index contributed by atoms with van der Waals surface area (Å²) in [5, 5.41) is 0. The van der Waals surface area contributed by atoms with E-state index in [1.807, 2.05) is 16.7 Å². The van der Waals surface area contributed by atoms with Crippen LogP contribution in [0, 0.1) is 0 Å². The van der Waals surface area contributed by atoms with Gasteiger partial charge < -0.3 is 9.72 Å². The Hall–Kier alpha value is -1.30. The molecule has 2 heterocycles. The Bertz CT molecular complexity index is 874. The van der Waals surface area contributed by atoms with Crippen LogP contribution in [0.2, 0.25) is 0 Å². The number of imidazole rings is 1. The molecule has 2 fully saturated rings. The Balaban J connectivity index is 1.42. The SMILES string of the molecule is CCCOC1CCC(C)(N2CCC(n3c(=O)[nH]c4ccc(CCl)cc43)CC2)CC1. The smallest absolute Gasteiger partial charge is 0.326 e. The first-order chi connectivity index (χ1) is 14.0. The first kappa shape index (κ1) is 21.0. The number of halogens is 1. The number of ether oxygens (including phenoxy) is 1. The summed E-state index contributed by atoms with van der Waals surface area (Å²) < 4.78 is 7.96. The predicted molar refractivity (Wildman–Crippen MR) is 119 cm³/mol. The minimum atomic E-state index is 0.00460. The Morgan fingerprint density at radius 2 is 1.93 bits per heavy atom. The summed E-state index contributed by atoms with van der Waals surface area (Å²) in [5.41, 5.74) is 3.23. The number of piperidine rings is 1. The van der Waals surface area contributed by atoms with Crippen LogP contribution >= 0.6 is 11.6 Å². The van der Waals surface area contributed by atoms with E-state index < -0.39 is 0 Å². The molecule has 1 aliphatic heterocycles. The summed E-state index contributed by atoms with van der Waals surface area (Å²) in [5.74, 6) is 0.467. The second-order valence-electron chi connectivity index (χ2n) is 9.07.